The largest absolute Gasteiger partial charge is 0.467 e. The van der Waals surface area contributed by atoms with Crippen LogP contribution in [-0.4, -0.2) is 30.6 Å². The van der Waals surface area contributed by atoms with Crippen molar-refractivity contribution in [1.29, 1.82) is 0 Å². The minimum atomic E-state index is -0.894. The van der Waals surface area contributed by atoms with Gasteiger partial charge in [0.25, 0.3) is 0 Å². The minimum Gasteiger partial charge on any atom is -0.467 e. The van der Waals surface area contributed by atoms with Crippen molar-refractivity contribution in [2.24, 2.45) is 5.73 Å². The Morgan fingerprint density at radius 2 is 1.83 bits per heavy atom. The van der Waals surface area contributed by atoms with Gasteiger partial charge in [-0.2, -0.15) is 0 Å². The Kier molecular flexibility index (Phi) is 6.15. The minimum absolute atomic E-state index is 0. The number of fused-ring (bicyclic) bond motifs is 3. The van der Waals surface area contributed by atoms with Crippen molar-refractivity contribution in [3.8, 4) is 0 Å². The molecule has 1 atom stereocenters. The molecule has 3 N–H and O–H groups in total. The highest BCUT2D eigenvalue weighted by Gasteiger charge is 2.39. The number of benzene rings is 2. The van der Waals surface area contributed by atoms with Gasteiger partial charge in [-0.15, -0.1) is 12.4 Å². The van der Waals surface area contributed by atoms with Crippen LogP contribution in [0.5, 0.6) is 0 Å². The molecule has 6 nitrogen and oxygen atoms in total. The Labute approximate surface area is 175 Å². The molecule has 1 aliphatic rings. The van der Waals surface area contributed by atoms with Crippen LogP contribution >= 0.6 is 12.4 Å². The van der Waals surface area contributed by atoms with E-state index in [-0.39, 0.29) is 18.3 Å². The average Bonchev–Trinajstić information content (AvgIpc) is 3.30. The lowest BCUT2D eigenvalue weighted by molar-refractivity contribution is -0.145. The lowest BCUT2D eigenvalue weighted by atomic mass is 9.96. The van der Waals surface area contributed by atoms with Crippen LogP contribution in [0.3, 0.4) is 0 Å². The summed E-state index contributed by atoms with van der Waals surface area (Å²) in [6, 6.07) is 12.9. The summed E-state index contributed by atoms with van der Waals surface area (Å²) >= 11 is 0. The van der Waals surface area contributed by atoms with Crippen LogP contribution in [-0.2, 0) is 20.7 Å². The molecule has 2 aromatic carbocycles. The average molecular weight is 417 g/mol. The first-order valence-electron chi connectivity index (χ1n) is 9.58. The molecule has 0 saturated heterocycles. The summed E-state index contributed by atoms with van der Waals surface area (Å²) in [7, 11) is 1.32. The highest BCUT2D eigenvalue weighted by molar-refractivity contribution is 6.04. The van der Waals surface area contributed by atoms with Gasteiger partial charge in [0.2, 0.25) is 5.91 Å². The standard InChI is InChI=1S/C22H24N2O4.ClH/c1-27-20(25)17(24-21(26)22(23)10-4-5-11-22)12-14-8-9-16-15-6-2-3-7-18(15)28-19(16)13-14;/h2-3,6-9,13,17H,4-5,10-12,23H2,1H3,(H,24,26);1H. The van der Waals surface area contributed by atoms with E-state index in [9.17, 15) is 9.59 Å². The van der Waals surface area contributed by atoms with E-state index in [1.807, 2.05) is 42.5 Å². The third-order valence-corrected chi connectivity index (χ3v) is 5.62. The van der Waals surface area contributed by atoms with Gasteiger partial charge in [0, 0.05) is 17.2 Å². The molecule has 1 fully saturated rings. The smallest absolute Gasteiger partial charge is 0.328 e. The third-order valence-electron chi connectivity index (χ3n) is 5.62. The van der Waals surface area contributed by atoms with E-state index < -0.39 is 17.6 Å². The zero-order chi connectivity index (χ0) is 19.7. The molecule has 1 aliphatic carbocycles. The number of carbonyl (C=O) groups excluding carboxylic acids is 2. The Bertz CT molecular complexity index is 1040. The summed E-state index contributed by atoms with van der Waals surface area (Å²) in [5.41, 5.74) is 7.77. The molecule has 3 aromatic rings. The van der Waals surface area contributed by atoms with Gasteiger partial charge in [0.1, 0.15) is 17.2 Å². The van der Waals surface area contributed by atoms with E-state index in [4.69, 9.17) is 14.9 Å². The van der Waals surface area contributed by atoms with E-state index >= 15 is 0 Å². The normalized spacial score (nSPS) is 16.3. The second-order valence-corrected chi connectivity index (χ2v) is 7.55. The van der Waals surface area contributed by atoms with Gasteiger partial charge in [-0.25, -0.2) is 4.79 Å². The van der Waals surface area contributed by atoms with Crippen LogP contribution < -0.4 is 11.1 Å². The third kappa shape index (κ3) is 4.09. The van der Waals surface area contributed by atoms with Crippen molar-refractivity contribution in [3.63, 3.8) is 0 Å². The number of ether oxygens (including phenoxy) is 1. The van der Waals surface area contributed by atoms with Crippen molar-refractivity contribution < 1.29 is 18.7 Å². The number of hydrogen-bond donors (Lipinski definition) is 2. The lowest BCUT2D eigenvalue weighted by Gasteiger charge is -2.25. The molecule has 1 unspecified atom stereocenters. The van der Waals surface area contributed by atoms with Crippen molar-refractivity contribution in [2.75, 3.05) is 7.11 Å². The van der Waals surface area contributed by atoms with Crippen molar-refractivity contribution in [2.45, 2.75) is 43.7 Å². The summed E-state index contributed by atoms with van der Waals surface area (Å²) in [6.45, 7) is 0. The molecule has 0 radical (unpaired) electrons. The molecule has 154 valence electrons. The molecule has 1 saturated carbocycles. The number of para-hydroxylation sites is 1. The van der Waals surface area contributed by atoms with Gasteiger partial charge in [-0.05, 0) is 30.5 Å². The molecule has 0 bridgehead atoms. The van der Waals surface area contributed by atoms with Crippen LogP contribution in [0.4, 0.5) is 0 Å². The number of carbonyl (C=O) groups is 2. The number of nitrogens with two attached hydrogens (primary N) is 1. The number of methoxy groups -OCH3 is 1. The summed E-state index contributed by atoms with van der Waals surface area (Å²) in [6.07, 6.45) is 3.43. The van der Waals surface area contributed by atoms with Crippen molar-refractivity contribution in [3.05, 3.63) is 48.0 Å². The summed E-state index contributed by atoms with van der Waals surface area (Å²) < 4.78 is 10.8. The molecule has 29 heavy (non-hydrogen) atoms. The van der Waals surface area contributed by atoms with Gasteiger partial charge < -0.3 is 20.2 Å². The molecule has 1 amide bonds. The second kappa shape index (κ2) is 8.43. The lowest BCUT2D eigenvalue weighted by Crippen LogP contribution is -2.56. The maximum atomic E-state index is 12.7. The van der Waals surface area contributed by atoms with Gasteiger partial charge in [0.15, 0.2) is 0 Å². The van der Waals surface area contributed by atoms with E-state index in [1.165, 1.54) is 7.11 Å². The van der Waals surface area contributed by atoms with Gasteiger partial charge >= 0.3 is 5.97 Å². The zero-order valence-corrected chi connectivity index (χ0v) is 17.1. The second-order valence-electron chi connectivity index (χ2n) is 7.55. The molecule has 4 rings (SSSR count). The van der Waals surface area contributed by atoms with E-state index in [0.717, 1.165) is 40.3 Å². The number of furan rings is 1. The van der Waals surface area contributed by atoms with E-state index in [0.29, 0.717) is 19.3 Å². The van der Waals surface area contributed by atoms with E-state index in [1.54, 1.807) is 0 Å². The first kappa shape index (κ1) is 21.1. The van der Waals surface area contributed by atoms with Gasteiger partial charge in [-0.1, -0.05) is 43.2 Å². The van der Waals surface area contributed by atoms with Crippen molar-refractivity contribution >= 4 is 46.2 Å². The van der Waals surface area contributed by atoms with Gasteiger partial charge in [-0.3, -0.25) is 4.79 Å². The molecule has 0 aliphatic heterocycles. The number of nitrogens with one attached hydrogen (secondary N) is 1. The number of rotatable bonds is 5. The zero-order valence-electron chi connectivity index (χ0n) is 16.3. The highest BCUT2D eigenvalue weighted by atomic mass is 35.5. The molecule has 1 aromatic heterocycles. The topological polar surface area (TPSA) is 94.6 Å². The molecule has 1 heterocycles. The number of amides is 1. The highest BCUT2D eigenvalue weighted by Crippen LogP contribution is 2.30. The van der Waals surface area contributed by atoms with Crippen LogP contribution in [0, 0.1) is 0 Å². The number of halogens is 1. The van der Waals surface area contributed by atoms with Crippen LogP contribution in [0.1, 0.15) is 31.2 Å². The molecular weight excluding hydrogens is 392 g/mol. The van der Waals surface area contributed by atoms with Crippen LogP contribution in [0.2, 0.25) is 0 Å². The van der Waals surface area contributed by atoms with Crippen LogP contribution in [0.25, 0.3) is 21.9 Å². The first-order chi connectivity index (χ1) is 13.5. The monoisotopic (exact) mass is 416 g/mol. The quantitative estimate of drug-likeness (QED) is 0.621. The molecular formula is C22H25ClN2O4. The Balaban J connectivity index is 0.00000240. The van der Waals surface area contributed by atoms with E-state index in [2.05, 4.69) is 5.32 Å². The molecule has 0 spiro atoms. The fourth-order valence-corrected chi connectivity index (χ4v) is 4.00. The summed E-state index contributed by atoms with van der Waals surface area (Å²) in [5.74, 6) is -0.773. The maximum absolute atomic E-state index is 12.7. The molecule has 7 heteroatoms. The SMILES string of the molecule is COC(=O)C(Cc1ccc2c(c1)oc1ccccc12)NC(=O)C1(N)CCCC1.Cl. The predicted octanol–water partition coefficient (Wildman–Crippen LogP) is 3.48. The summed E-state index contributed by atoms with van der Waals surface area (Å²) in [4.78, 5) is 24.9. The first-order valence-corrected chi connectivity index (χ1v) is 9.58. The maximum Gasteiger partial charge on any atom is 0.328 e. The predicted molar refractivity (Wildman–Crippen MR) is 114 cm³/mol. The number of esters is 1. The van der Waals surface area contributed by atoms with Crippen LogP contribution in [0.15, 0.2) is 46.9 Å². The van der Waals surface area contributed by atoms with Gasteiger partial charge in [0.05, 0.1) is 12.6 Å². The Morgan fingerprint density at radius 1 is 1.14 bits per heavy atom. The summed E-state index contributed by atoms with van der Waals surface area (Å²) in [5, 5.41) is 4.87. The fraction of sp³-hybridized carbons (Fsp3) is 0.364. The number of hydrogen-bond acceptors (Lipinski definition) is 5. The Morgan fingerprint density at radius 3 is 2.55 bits per heavy atom. The Hall–Kier alpha value is -2.57. The van der Waals surface area contributed by atoms with Crippen molar-refractivity contribution in [1.82, 2.24) is 5.32 Å². The fourth-order valence-electron chi connectivity index (χ4n) is 4.00.